The van der Waals surface area contributed by atoms with Gasteiger partial charge in [-0.05, 0) is 12.0 Å². The summed E-state index contributed by atoms with van der Waals surface area (Å²) in [5.41, 5.74) is 1.28. The average Bonchev–Trinajstić information content (AvgIpc) is 2.76. The van der Waals surface area contributed by atoms with E-state index in [9.17, 15) is 0 Å². The second-order valence-electron chi connectivity index (χ2n) is 3.53. The molecule has 0 aliphatic heterocycles. The van der Waals surface area contributed by atoms with Gasteiger partial charge in [-0.2, -0.15) is 4.98 Å². The van der Waals surface area contributed by atoms with Crippen molar-refractivity contribution in [2.45, 2.75) is 19.3 Å². The molecule has 0 fully saturated rings. The lowest BCUT2D eigenvalue weighted by Gasteiger charge is -1.96. The quantitative estimate of drug-likeness (QED) is 0.750. The summed E-state index contributed by atoms with van der Waals surface area (Å²) in [5, 5.41) is 3.91. The van der Waals surface area contributed by atoms with Crippen LogP contribution in [0.1, 0.15) is 17.3 Å². The summed E-state index contributed by atoms with van der Waals surface area (Å²) in [7, 11) is 0. The Bertz CT molecular complexity index is 428. The van der Waals surface area contributed by atoms with Crippen LogP contribution in [0, 0.1) is 0 Å². The summed E-state index contributed by atoms with van der Waals surface area (Å²) >= 11 is 5.59. The lowest BCUT2D eigenvalue weighted by Crippen LogP contribution is -1.94. The molecule has 0 saturated heterocycles. The molecule has 0 N–H and O–H groups in total. The van der Waals surface area contributed by atoms with Crippen LogP contribution in [0.5, 0.6) is 0 Å². The Morgan fingerprint density at radius 1 is 1.06 bits per heavy atom. The fourth-order valence-electron chi connectivity index (χ4n) is 1.47. The summed E-state index contributed by atoms with van der Waals surface area (Å²) in [4.78, 5) is 4.25. The van der Waals surface area contributed by atoms with E-state index in [1.807, 2.05) is 18.2 Å². The first-order valence-corrected chi connectivity index (χ1v) is 5.83. The van der Waals surface area contributed by atoms with Crippen LogP contribution in [-0.2, 0) is 19.3 Å². The van der Waals surface area contributed by atoms with Gasteiger partial charge in [-0.25, -0.2) is 0 Å². The van der Waals surface area contributed by atoms with E-state index < -0.39 is 0 Å². The summed E-state index contributed by atoms with van der Waals surface area (Å²) in [6.07, 6.45) is 2.37. The fraction of sp³-hybridized carbons (Fsp3) is 0.333. The van der Waals surface area contributed by atoms with Gasteiger partial charge in [0.15, 0.2) is 5.82 Å². The van der Waals surface area contributed by atoms with E-state index in [4.69, 9.17) is 16.1 Å². The van der Waals surface area contributed by atoms with Gasteiger partial charge in [-0.3, -0.25) is 0 Å². The minimum Gasteiger partial charge on any atom is -0.339 e. The number of rotatable bonds is 5. The summed E-state index contributed by atoms with van der Waals surface area (Å²) in [5.74, 6) is 1.89. The number of benzene rings is 1. The van der Waals surface area contributed by atoms with Crippen LogP contribution in [0.2, 0.25) is 0 Å². The molecule has 0 spiro atoms. The van der Waals surface area contributed by atoms with Gasteiger partial charge in [-0.15, -0.1) is 11.6 Å². The minimum atomic E-state index is 0.514. The number of aromatic nitrogens is 2. The molecule has 1 aromatic heterocycles. The highest BCUT2D eigenvalue weighted by atomic mass is 35.5. The van der Waals surface area contributed by atoms with E-state index in [2.05, 4.69) is 22.3 Å². The molecule has 0 radical (unpaired) electrons. The maximum Gasteiger partial charge on any atom is 0.227 e. The third-order valence-electron chi connectivity index (χ3n) is 2.30. The molecule has 0 aliphatic carbocycles. The zero-order valence-corrected chi connectivity index (χ0v) is 9.65. The number of halogens is 1. The van der Waals surface area contributed by atoms with E-state index in [0.717, 1.165) is 18.7 Å². The first kappa shape index (κ1) is 11.1. The van der Waals surface area contributed by atoms with E-state index in [1.54, 1.807) is 0 Å². The number of nitrogens with zero attached hydrogens (tertiary/aromatic N) is 2. The highest BCUT2D eigenvalue weighted by Gasteiger charge is 2.05. The second-order valence-corrected chi connectivity index (χ2v) is 3.91. The van der Waals surface area contributed by atoms with Gasteiger partial charge in [0.05, 0.1) is 0 Å². The Morgan fingerprint density at radius 2 is 1.88 bits per heavy atom. The first-order chi connectivity index (χ1) is 7.88. The molecule has 4 heteroatoms. The van der Waals surface area contributed by atoms with Crippen molar-refractivity contribution >= 4 is 11.6 Å². The van der Waals surface area contributed by atoms with Crippen molar-refractivity contribution in [3.63, 3.8) is 0 Å². The Labute approximate surface area is 99.4 Å². The van der Waals surface area contributed by atoms with Gasteiger partial charge in [-0.1, -0.05) is 35.5 Å². The molecule has 0 amide bonds. The van der Waals surface area contributed by atoms with Crippen molar-refractivity contribution in [3.8, 4) is 0 Å². The number of aryl methyl sites for hydroxylation is 3. The van der Waals surface area contributed by atoms with Crippen molar-refractivity contribution in [1.82, 2.24) is 10.1 Å². The standard InChI is InChI=1S/C12H13ClN2O/c13-9-8-12-14-11(15-16-12)7-6-10-4-2-1-3-5-10/h1-5H,6-9H2. The number of alkyl halides is 1. The summed E-state index contributed by atoms with van der Waals surface area (Å²) < 4.78 is 5.05. The van der Waals surface area contributed by atoms with Crippen LogP contribution < -0.4 is 0 Å². The van der Waals surface area contributed by atoms with Crippen LogP contribution in [0.15, 0.2) is 34.9 Å². The van der Waals surface area contributed by atoms with Crippen molar-refractivity contribution in [2.75, 3.05) is 5.88 Å². The molecule has 0 bridgehead atoms. The zero-order chi connectivity index (χ0) is 11.2. The Kier molecular flexibility index (Phi) is 3.94. The van der Waals surface area contributed by atoms with E-state index in [-0.39, 0.29) is 0 Å². The van der Waals surface area contributed by atoms with Crippen LogP contribution in [-0.4, -0.2) is 16.0 Å². The van der Waals surface area contributed by atoms with Gasteiger partial charge in [0, 0.05) is 18.7 Å². The zero-order valence-electron chi connectivity index (χ0n) is 8.90. The topological polar surface area (TPSA) is 38.9 Å². The van der Waals surface area contributed by atoms with Gasteiger partial charge >= 0.3 is 0 Å². The molecular formula is C12H13ClN2O. The SMILES string of the molecule is ClCCc1nc(CCc2ccccc2)no1. The van der Waals surface area contributed by atoms with Crippen molar-refractivity contribution in [3.05, 3.63) is 47.6 Å². The molecule has 1 aromatic carbocycles. The molecule has 2 rings (SSSR count). The maximum absolute atomic E-state index is 5.59. The van der Waals surface area contributed by atoms with Gasteiger partial charge < -0.3 is 4.52 Å². The first-order valence-electron chi connectivity index (χ1n) is 5.30. The van der Waals surface area contributed by atoms with E-state index in [0.29, 0.717) is 18.2 Å². The average molecular weight is 237 g/mol. The normalized spacial score (nSPS) is 10.6. The van der Waals surface area contributed by atoms with Crippen molar-refractivity contribution in [2.24, 2.45) is 0 Å². The summed E-state index contributed by atoms with van der Waals surface area (Å²) in [6.45, 7) is 0. The Balaban J connectivity index is 1.89. The molecule has 84 valence electrons. The third kappa shape index (κ3) is 3.07. The lowest BCUT2D eigenvalue weighted by atomic mass is 10.1. The molecule has 2 aromatic rings. The summed E-state index contributed by atoms with van der Waals surface area (Å²) in [6, 6.07) is 10.3. The lowest BCUT2D eigenvalue weighted by molar-refractivity contribution is 0.377. The highest BCUT2D eigenvalue weighted by Crippen LogP contribution is 2.05. The molecule has 0 aliphatic rings. The maximum atomic E-state index is 5.59. The monoisotopic (exact) mass is 236 g/mol. The minimum absolute atomic E-state index is 0.514. The molecule has 0 saturated carbocycles. The second kappa shape index (κ2) is 5.66. The van der Waals surface area contributed by atoms with Crippen molar-refractivity contribution < 1.29 is 4.52 Å². The molecule has 0 unspecified atom stereocenters. The van der Waals surface area contributed by atoms with Gasteiger partial charge in [0.1, 0.15) is 0 Å². The van der Waals surface area contributed by atoms with E-state index >= 15 is 0 Å². The van der Waals surface area contributed by atoms with Crippen LogP contribution in [0.4, 0.5) is 0 Å². The Hall–Kier alpha value is -1.35. The number of hydrogen-bond donors (Lipinski definition) is 0. The van der Waals surface area contributed by atoms with E-state index in [1.165, 1.54) is 5.56 Å². The largest absolute Gasteiger partial charge is 0.339 e. The molecule has 0 atom stereocenters. The molecule has 1 heterocycles. The van der Waals surface area contributed by atoms with Gasteiger partial charge in [0.25, 0.3) is 0 Å². The third-order valence-corrected chi connectivity index (χ3v) is 2.49. The van der Waals surface area contributed by atoms with Gasteiger partial charge in [0.2, 0.25) is 5.89 Å². The smallest absolute Gasteiger partial charge is 0.227 e. The molecule has 16 heavy (non-hydrogen) atoms. The fourth-order valence-corrected chi connectivity index (χ4v) is 1.64. The van der Waals surface area contributed by atoms with Crippen LogP contribution >= 0.6 is 11.6 Å². The molecular weight excluding hydrogens is 224 g/mol. The predicted molar refractivity (Wildman–Crippen MR) is 62.6 cm³/mol. The predicted octanol–water partition coefficient (Wildman–Crippen LogP) is 2.64. The van der Waals surface area contributed by atoms with Crippen LogP contribution in [0.25, 0.3) is 0 Å². The number of hydrogen-bond acceptors (Lipinski definition) is 3. The Morgan fingerprint density at radius 3 is 2.62 bits per heavy atom. The molecule has 3 nitrogen and oxygen atoms in total. The van der Waals surface area contributed by atoms with Crippen molar-refractivity contribution in [1.29, 1.82) is 0 Å². The van der Waals surface area contributed by atoms with Crippen LogP contribution in [0.3, 0.4) is 0 Å². The highest BCUT2D eigenvalue weighted by molar-refractivity contribution is 6.17.